The van der Waals surface area contributed by atoms with Crippen LogP contribution >= 0.6 is 0 Å². The van der Waals surface area contributed by atoms with Gasteiger partial charge in [0, 0.05) is 13.1 Å². The van der Waals surface area contributed by atoms with Gasteiger partial charge < -0.3 is 14.4 Å². The first kappa shape index (κ1) is 24.7. The third kappa shape index (κ3) is 3.53. The smallest absolute Gasteiger partial charge is 0.417 e. The summed E-state index contributed by atoms with van der Waals surface area (Å²) in [7, 11) is 1.99. The molecule has 2 amide bonds. The predicted octanol–water partition coefficient (Wildman–Crippen LogP) is 2.89. The number of hydrogen-bond acceptors (Lipinski definition) is 7. The second-order valence-corrected chi connectivity index (χ2v) is 10.6. The van der Waals surface area contributed by atoms with Gasteiger partial charge in [0.15, 0.2) is 0 Å². The van der Waals surface area contributed by atoms with E-state index in [-0.39, 0.29) is 18.2 Å². The largest absolute Gasteiger partial charge is 0.462 e. The van der Waals surface area contributed by atoms with Crippen molar-refractivity contribution in [1.29, 1.82) is 5.26 Å². The van der Waals surface area contributed by atoms with Gasteiger partial charge in [-0.2, -0.15) is 18.4 Å². The summed E-state index contributed by atoms with van der Waals surface area (Å²) in [5.41, 5.74) is -4.57. The Morgan fingerprint density at radius 3 is 2.42 bits per heavy atom. The minimum absolute atomic E-state index is 0.171. The van der Waals surface area contributed by atoms with Crippen molar-refractivity contribution >= 4 is 23.5 Å². The third-order valence-electron chi connectivity index (χ3n) is 8.26. The number of nitrogens with zero attached hydrogens (tertiary/aromatic N) is 3. The molecule has 0 spiro atoms. The number of ether oxygens (including phenoxy) is 2. The molecule has 8 nitrogen and oxygen atoms in total. The summed E-state index contributed by atoms with van der Waals surface area (Å²) in [6.07, 6.45) is -3.52. The number of esters is 1. The molecule has 2 bridgehead atoms. The molecular formula is C25H26F3N3O5. The van der Waals surface area contributed by atoms with E-state index in [0.29, 0.717) is 18.9 Å². The topological polar surface area (TPSA) is 99.9 Å². The Morgan fingerprint density at radius 2 is 1.81 bits per heavy atom. The van der Waals surface area contributed by atoms with E-state index in [4.69, 9.17) is 14.7 Å². The lowest BCUT2D eigenvalue weighted by atomic mass is 9.64. The molecule has 0 saturated carbocycles. The van der Waals surface area contributed by atoms with E-state index >= 15 is 0 Å². The number of nitriles is 1. The first-order valence-electron chi connectivity index (χ1n) is 11.9. The number of amides is 2. The Balaban J connectivity index is 1.44. The highest BCUT2D eigenvalue weighted by Crippen LogP contribution is 2.63. The number of hydrogen-bond donors (Lipinski definition) is 0. The van der Waals surface area contributed by atoms with Crippen LogP contribution in [0.25, 0.3) is 0 Å². The summed E-state index contributed by atoms with van der Waals surface area (Å²) in [5.74, 6) is -4.63. The Bertz CT molecular complexity index is 1190. The average molecular weight is 505 g/mol. The van der Waals surface area contributed by atoms with E-state index in [1.54, 1.807) is 13.8 Å². The number of fused-ring (bicyclic) bond motifs is 5. The van der Waals surface area contributed by atoms with Crippen molar-refractivity contribution in [3.05, 3.63) is 29.3 Å². The zero-order valence-electron chi connectivity index (χ0n) is 20.1. The van der Waals surface area contributed by atoms with E-state index in [9.17, 15) is 27.6 Å². The first-order valence-corrected chi connectivity index (χ1v) is 11.9. The summed E-state index contributed by atoms with van der Waals surface area (Å²) in [4.78, 5) is 43.1. The van der Waals surface area contributed by atoms with E-state index in [1.165, 1.54) is 6.07 Å². The maximum absolute atomic E-state index is 13.6. The lowest BCUT2D eigenvalue weighted by molar-refractivity contribution is -0.163. The summed E-state index contributed by atoms with van der Waals surface area (Å²) >= 11 is 0. The molecule has 4 heterocycles. The van der Waals surface area contributed by atoms with Crippen molar-refractivity contribution in [1.82, 2.24) is 4.90 Å². The highest BCUT2D eigenvalue weighted by atomic mass is 19.4. The summed E-state index contributed by atoms with van der Waals surface area (Å²) in [6, 6.07) is 4.24. The van der Waals surface area contributed by atoms with E-state index in [2.05, 4.69) is 4.90 Å². The van der Waals surface area contributed by atoms with Gasteiger partial charge in [-0.25, -0.2) is 4.90 Å². The van der Waals surface area contributed by atoms with Gasteiger partial charge in [-0.3, -0.25) is 14.4 Å². The van der Waals surface area contributed by atoms with Gasteiger partial charge in [-0.05, 0) is 58.4 Å². The van der Waals surface area contributed by atoms with Crippen LogP contribution in [0.15, 0.2) is 18.2 Å². The highest BCUT2D eigenvalue weighted by Gasteiger charge is 2.77. The molecule has 36 heavy (non-hydrogen) atoms. The van der Waals surface area contributed by atoms with Crippen molar-refractivity contribution in [3.8, 4) is 6.07 Å². The van der Waals surface area contributed by atoms with Crippen LogP contribution in [0.1, 0.15) is 44.2 Å². The molecule has 4 aliphatic heterocycles. The van der Waals surface area contributed by atoms with Gasteiger partial charge >= 0.3 is 12.1 Å². The quantitative estimate of drug-likeness (QED) is 0.460. The zero-order valence-corrected chi connectivity index (χ0v) is 20.1. The maximum atomic E-state index is 13.6. The Kier molecular flexibility index (Phi) is 5.50. The fourth-order valence-electron chi connectivity index (χ4n) is 6.48. The molecular weight excluding hydrogens is 479 g/mol. The summed E-state index contributed by atoms with van der Waals surface area (Å²) in [6.45, 7) is 4.86. The average Bonchev–Trinajstić information content (AvgIpc) is 3.35. The number of rotatable bonds is 3. The molecule has 0 radical (unpaired) electrons. The van der Waals surface area contributed by atoms with Gasteiger partial charge in [0.05, 0.1) is 51.8 Å². The van der Waals surface area contributed by atoms with Crippen LogP contribution in [0, 0.1) is 29.1 Å². The molecule has 4 saturated heterocycles. The van der Waals surface area contributed by atoms with Gasteiger partial charge in [-0.15, -0.1) is 0 Å². The Labute approximate surface area is 205 Å². The molecule has 11 heteroatoms. The van der Waals surface area contributed by atoms with Crippen LogP contribution in [0.2, 0.25) is 0 Å². The Morgan fingerprint density at radius 1 is 1.17 bits per heavy atom. The highest BCUT2D eigenvalue weighted by molar-refractivity contribution is 6.23. The Hall–Kier alpha value is -2.97. The predicted molar refractivity (Wildman–Crippen MR) is 118 cm³/mol. The van der Waals surface area contributed by atoms with Crippen LogP contribution in [-0.4, -0.2) is 60.1 Å². The zero-order chi connectivity index (χ0) is 26.2. The first-order chi connectivity index (χ1) is 16.8. The second-order valence-electron chi connectivity index (χ2n) is 10.6. The van der Waals surface area contributed by atoms with Crippen molar-refractivity contribution in [2.75, 3.05) is 25.0 Å². The number of carbonyl (C=O) groups excluding carboxylic acids is 3. The van der Waals surface area contributed by atoms with Gasteiger partial charge in [0.25, 0.3) is 0 Å². The molecule has 1 aromatic carbocycles. The van der Waals surface area contributed by atoms with Gasteiger partial charge in [0.2, 0.25) is 11.8 Å². The SMILES string of the molecule is CN1CCC(OC(=O)[C@@H]2C[C@@]3(C)O[C@@]2(C)[C@@H]2C(=O)N(c4ccc(C#N)c(C(F)(F)F)c4)C(=O)[C@@H]23)CC1. The third-order valence-corrected chi connectivity index (χ3v) is 8.26. The van der Waals surface area contributed by atoms with Crippen molar-refractivity contribution < 1.29 is 37.0 Å². The fourth-order valence-corrected chi connectivity index (χ4v) is 6.48. The van der Waals surface area contributed by atoms with E-state index in [1.807, 2.05) is 7.05 Å². The van der Waals surface area contributed by atoms with Crippen LogP contribution in [0.4, 0.5) is 18.9 Å². The normalized spacial score (nSPS) is 34.7. The lowest BCUT2D eigenvalue weighted by Gasteiger charge is -2.35. The van der Waals surface area contributed by atoms with Gasteiger partial charge in [0.1, 0.15) is 6.10 Å². The van der Waals surface area contributed by atoms with E-state index < -0.39 is 64.0 Å². The molecule has 0 aromatic heterocycles. The van der Waals surface area contributed by atoms with Crippen molar-refractivity contribution in [3.63, 3.8) is 0 Å². The molecule has 0 unspecified atom stereocenters. The summed E-state index contributed by atoms with van der Waals surface area (Å²) < 4.78 is 52.5. The monoisotopic (exact) mass is 505 g/mol. The van der Waals surface area contributed by atoms with Crippen LogP contribution in [0.5, 0.6) is 0 Å². The van der Waals surface area contributed by atoms with E-state index in [0.717, 1.165) is 30.1 Å². The van der Waals surface area contributed by atoms with Crippen LogP contribution in [-0.2, 0) is 30.0 Å². The molecule has 5 rings (SSSR count). The molecule has 192 valence electrons. The molecule has 5 atom stereocenters. The van der Waals surface area contributed by atoms with Crippen molar-refractivity contribution in [2.45, 2.75) is 56.6 Å². The maximum Gasteiger partial charge on any atom is 0.417 e. The molecule has 4 aliphatic rings. The van der Waals surface area contributed by atoms with Gasteiger partial charge in [-0.1, -0.05) is 0 Å². The number of alkyl halides is 3. The number of piperidine rings is 1. The molecule has 1 aromatic rings. The number of imide groups is 1. The standard InChI is InChI=1S/C25H26F3N3O5/c1-23-11-17(22(34)35-15-6-8-30(3)9-7-15)24(2,36-23)19-18(23)20(32)31(21(19)33)14-5-4-13(12-29)16(10-14)25(26,27)28/h4-5,10,15,17-19H,6-9,11H2,1-3H3/t17-,18+,19-,23+,24+/m0/s1. The summed E-state index contributed by atoms with van der Waals surface area (Å²) in [5, 5.41) is 9.07. The molecule has 0 aliphatic carbocycles. The van der Waals surface area contributed by atoms with Crippen molar-refractivity contribution in [2.24, 2.45) is 17.8 Å². The minimum Gasteiger partial charge on any atom is -0.462 e. The number of carbonyl (C=O) groups is 3. The molecule has 0 N–H and O–H groups in total. The van der Waals surface area contributed by atoms with Crippen LogP contribution < -0.4 is 4.90 Å². The number of halogens is 3. The fraction of sp³-hybridized carbons (Fsp3) is 0.600. The second kappa shape index (κ2) is 8.02. The minimum atomic E-state index is -4.84. The molecule has 4 fully saturated rings. The van der Waals surface area contributed by atoms with Crippen LogP contribution in [0.3, 0.4) is 0 Å². The number of anilines is 1. The number of likely N-dealkylation sites (tertiary alicyclic amines) is 1. The number of benzene rings is 1. The lowest BCUT2D eigenvalue weighted by Crippen LogP contribution is -2.50.